The van der Waals surface area contributed by atoms with Gasteiger partial charge in [-0.2, -0.15) is 0 Å². The van der Waals surface area contributed by atoms with Crippen molar-refractivity contribution < 1.29 is 14.3 Å². The Morgan fingerprint density at radius 1 is 1.37 bits per heavy atom. The van der Waals surface area contributed by atoms with E-state index < -0.39 is 5.60 Å². The summed E-state index contributed by atoms with van der Waals surface area (Å²) in [5.74, 6) is 0.691. The van der Waals surface area contributed by atoms with Crippen LogP contribution in [0.1, 0.15) is 27.7 Å². The highest BCUT2D eigenvalue weighted by atomic mass is 32.2. The van der Waals surface area contributed by atoms with Crippen LogP contribution in [0.25, 0.3) is 0 Å². The molecule has 1 aromatic carbocycles. The van der Waals surface area contributed by atoms with E-state index in [-0.39, 0.29) is 11.7 Å². The van der Waals surface area contributed by atoms with E-state index in [1.165, 1.54) is 11.8 Å². The van der Waals surface area contributed by atoms with E-state index in [0.717, 1.165) is 4.90 Å². The van der Waals surface area contributed by atoms with Crippen LogP contribution in [0.4, 0.5) is 5.69 Å². The fourth-order valence-corrected chi connectivity index (χ4v) is 2.10. The lowest BCUT2D eigenvalue weighted by atomic mass is 10.2. The molecule has 0 aromatic heterocycles. The number of carbonyl (C=O) groups excluding carboxylic acids is 1. The lowest BCUT2D eigenvalue weighted by molar-refractivity contribution is -0.151. The summed E-state index contributed by atoms with van der Waals surface area (Å²) < 4.78 is 10.7. The number of hydrogen-bond acceptors (Lipinski definition) is 5. The number of benzene rings is 1. The first kappa shape index (κ1) is 15.7. The SMILES string of the molecule is CCOc1cc(SCC(=O)OC(C)(C)C)ccc1N. The van der Waals surface area contributed by atoms with E-state index in [4.69, 9.17) is 15.2 Å². The predicted octanol–water partition coefficient (Wildman–Crippen LogP) is 3.10. The molecule has 0 heterocycles. The topological polar surface area (TPSA) is 61.5 Å². The molecule has 1 rings (SSSR count). The first-order chi connectivity index (χ1) is 8.81. The number of nitrogen functional groups attached to an aromatic ring is 1. The normalized spacial score (nSPS) is 11.2. The quantitative estimate of drug-likeness (QED) is 0.511. The predicted molar refractivity (Wildman–Crippen MR) is 78.6 cm³/mol. The molecule has 0 aliphatic rings. The summed E-state index contributed by atoms with van der Waals surface area (Å²) in [6.07, 6.45) is 0. The summed E-state index contributed by atoms with van der Waals surface area (Å²) in [7, 11) is 0. The van der Waals surface area contributed by atoms with E-state index in [1.807, 2.05) is 39.8 Å². The summed E-state index contributed by atoms with van der Waals surface area (Å²) in [6, 6.07) is 5.49. The Morgan fingerprint density at radius 2 is 2.05 bits per heavy atom. The standard InChI is InChI=1S/C14H21NO3S/c1-5-17-12-8-10(6-7-11(12)15)19-9-13(16)18-14(2,3)4/h6-8H,5,9,15H2,1-4H3. The number of rotatable bonds is 5. The third kappa shape index (κ3) is 5.87. The molecule has 0 saturated heterocycles. The Bertz CT molecular complexity index is 441. The van der Waals surface area contributed by atoms with Crippen LogP contribution in [0.3, 0.4) is 0 Å². The number of ether oxygens (including phenoxy) is 2. The maximum Gasteiger partial charge on any atom is 0.316 e. The zero-order valence-corrected chi connectivity index (χ0v) is 12.7. The van der Waals surface area contributed by atoms with Crippen LogP contribution in [0.2, 0.25) is 0 Å². The van der Waals surface area contributed by atoms with Gasteiger partial charge in [0.15, 0.2) is 0 Å². The number of thioether (sulfide) groups is 1. The molecule has 0 amide bonds. The molecule has 0 spiro atoms. The average Bonchev–Trinajstić information content (AvgIpc) is 2.28. The van der Waals surface area contributed by atoms with Gasteiger partial charge in [-0.1, -0.05) is 0 Å². The maximum atomic E-state index is 11.6. The van der Waals surface area contributed by atoms with Crippen LogP contribution in [0.5, 0.6) is 5.75 Å². The van der Waals surface area contributed by atoms with Crippen LogP contribution in [0, 0.1) is 0 Å². The monoisotopic (exact) mass is 283 g/mol. The van der Waals surface area contributed by atoms with Gasteiger partial charge in [0, 0.05) is 4.90 Å². The minimum absolute atomic E-state index is 0.229. The van der Waals surface area contributed by atoms with Crippen LogP contribution in [0.15, 0.2) is 23.1 Å². The number of anilines is 1. The lowest BCUT2D eigenvalue weighted by Gasteiger charge is -2.19. The molecule has 0 unspecified atom stereocenters. The van der Waals surface area contributed by atoms with Crippen molar-refractivity contribution in [1.82, 2.24) is 0 Å². The third-order valence-electron chi connectivity index (χ3n) is 2.06. The summed E-state index contributed by atoms with van der Waals surface area (Å²) in [6.45, 7) is 8.02. The van der Waals surface area contributed by atoms with E-state index in [2.05, 4.69) is 0 Å². The van der Waals surface area contributed by atoms with Crippen molar-refractivity contribution in [3.8, 4) is 5.75 Å². The Labute approximate surface area is 118 Å². The minimum atomic E-state index is -0.449. The van der Waals surface area contributed by atoms with Gasteiger partial charge in [0.25, 0.3) is 0 Å². The molecule has 19 heavy (non-hydrogen) atoms. The second kappa shape index (κ2) is 6.70. The molecular weight excluding hydrogens is 262 g/mol. The molecule has 2 N–H and O–H groups in total. The van der Waals surface area contributed by atoms with E-state index in [9.17, 15) is 4.79 Å². The fourth-order valence-electron chi connectivity index (χ4n) is 1.40. The van der Waals surface area contributed by atoms with E-state index in [0.29, 0.717) is 18.0 Å². The van der Waals surface area contributed by atoms with Gasteiger partial charge in [0.2, 0.25) is 0 Å². The van der Waals surface area contributed by atoms with Crippen molar-refractivity contribution in [3.05, 3.63) is 18.2 Å². The smallest absolute Gasteiger partial charge is 0.316 e. The highest BCUT2D eigenvalue weighted by Gasteiger charge is 2.16. The van der Waals surface area contributed by atoms with Gasteiger partial charge in [0.05, 0.1) is 18.0 Å². The van der Waals surface area contributed by atoms with Crippen molar-refractivity contribution in [1.29, 1.82) is 0 Å². The minimum Gasteiger partial charge on any atom is -0.492 e. The molecule has 0 fully saturated rings. The van der Waals surface area contributed by atoms with Gasteiger partial charge < -0.3 is 15.2 Å². The van der Waals surface area contributed by atoms with Gasteiger partial charge in [-0.15, -0.1) is 11.8 Å². The number of carbonyl (C=O) groups is 1. The molecule has 0 aliphatic carbocycles. The van der Waals surface area contributed by atoms with Crippen LogP contribution in [-0.2, 0) is 9.53 Å². The van der Waals surface area contributed by atoms with Crippen molar-refractivity contribution >= 4 is 23.4 Å². The Balaban J connectivity index is 2.58. The second-order valence-electron chi connectivity index (χ2n) is 5.01. The molecule has 0 aliphatic heterocycles. The van der Waals surface area contributed by atoms with Gasteiger partial charge in [-0.25, -0.2) is 0 Å². The van der Waals surface area contributed by atoms with Gasteiger partial charge in [-0.3, -0.25) is 4.79 Å². The van der Waals surface area contributed by atoms with Crippen LogP contribution >= 0.6 is 11.8 Å². The van der Waals surface area contributed by atoms with Crippen molar-refractivity contribution in [2.45, 2.75) is 38.2 Å². The average molecular weight is 283 g/mol. The molecule has 0 bridgehead atoms. The van der Waals surface area contributed by atoms with Crippen molar-refractivity contribution in [3.63, 3.8) is 0 Å². The summed E-state index contributed by atoms with van der Waals surface area (Å²) >= 11 is 1.41. The number of hydrogen-bond donors (Lipinski definition) is 1. The summed E-state index contributed by atoms with van der Waals surface area (Å²) in [5, 5.41) is 0. The number of esters is 1. The molecular formula is C14H21NO3S. The summed E-state index contributed by atoms with van der Waals surface area (Å²) in [5.41, 5.74) is 5.94. The van der Waals surface area contributed by atoms with Gasteiger partial charge >= 0.3 is 5.97 Å². The van der Waals surface area contributed by atoms with E-state index >= 15 is 0 Å². The molecule has 0 radical (unpaired) electrons. The van der Waals surface area contributed by atoms with Gasteiger partial charge in [0.1, 0.15) is 11.4 Å². The molecule has 5 heteroatoms. The van der Waals surface area contributed by atoms with Crippen molar-refractivity contribution in [2.24, 2.45) is 0 Å². The molecule has 1 aromatic rings. The Hall–Kier alpha value is -1.36. The zero-order chi connectivity index (χ0) is 14.5. The Morgan fingerprint density at radius 3 is 2.63 bits per heavy atom. The highest BCUT2D eigenvalue weighted by Crippen LogP contribution is 2.28. The van der Waals surface area contributed by atoms with Crippen LogP contribution < -0.4 is 10.5 Å². The van der Waals surface area contributed by atoms with Gasteiger partial charge in [-0.05, 0) is 45.9 Å². The number of nitrogens with two attached hydrogens (primary N) is 1. The second-order valence-corrected chi connectivity index (χ2v) is 6.06. The van der Waals surface area contributed by atoms with Crippen molar-refractivity contribution in [2.75, 3.05) is 18.1 Å². The first-order valence-electron chi connectivity index (χ1n) is 6.19. The third-order valence-corrected chi connectivity index (χ3v) is 3.03. The molecule has 106 valence electrons. The highest BCUT2D eigenvalue weighted by molar-refractivity contribution is 8.00. The van der Waals surface area contributed by atoms with E-state index in [1.54, 1.807) is 6.07 Å². The molecule has 0 atom stereocenters. The molecule has 0 saturated carbocycles. The first-order valence-corrected chi connectivity index (χ1v) is 7.17. The van der Waals surface area contributed by atoms with Crippen LogP contribution in [-0.4, -0.2) is 23.9 Å². The maximum absolute atomic E-state index is 11.6. The zero-order valence-electron chi connectivity index (χ0n) is 11.9. The summed E-state index contributed by atoms with van der Waals surface area (Å²) in [4.78, 5) is 12.5. The fraction of sp³-hybridized carbons (Fsp3) is 0.500. The Kier molecular flexibility index (Phi) is 5.54. The molecule has 4 nitrogen and oxygen atoms in total. The largest absolute Gasteiger partial charge is 0.492 e. The lowest BCUT2D eigenvalue weighted by Crippen LogP contribution is -2.24.